The zero-order valence-corrected chi connectivity index (χ0v) is 35.1. The molecule has 12 aromatic rings. The molecule has 0 atom stereocenters. The highest BCUT2D eigenvalue weighted by molar-refractivity contribution is 7.26. The fourth-order valence-electron chi connectivity index (χ4n) is 9.20. The molecule has 0 radical (unpaired) electrons. The summed E-state index contributed by atoms with van der Waals surface area (Å²) in [6.07, 6.45) is 0. The lowest BCUT2D eigenvalue weighted by molar-refractivity contribution is 0.669. The second kappa shape index (κ2) is 15.5. The first-order valence-electron chi connectivity index (χ1n) is 21.4. The minimum atomic E-state index is 0.854. The largest absolute Gasteiger partial charge is 0.456 e. The summed E-state index contributed by atoms with van der Waals surface area (Å²) in [5, 5.41) is 4.63. The zero-order chi connectivity index (χ0) is 41.7. The van der Waals surface area contributed by atoms with Crippen LogP contribution in [0.25, 0.3) is 97.7 Å². The molecule has 0 fully saturated rings. The van der Waals surface area contributed by atoms with E-state index >= 15 is 0 Å². The van der Waals surface area contributed by atoms with E-state index in [9.17, 15) is 0 Å². The van der Waals surface area contributed by atoms with Gasteiger partial charge in [-0.3, -0.25) is 0 Å². The van der Waals surface area contributed by atoms with Gasteiger partial charge in [-0.05, 0) is 104 Å². The maximum atomic E-state index is 6.75. The number of hydrogen-bond donors (Lipinski definition) is 0. The van der Waals surface area contributed by atoms with E-state index in [-0.39, 0.29) is 0 Å². The van der Waals surface area contributed by atoms with Crippen molar-refractivity contribution in [1.82, 2.24) is 0 Å². The van der Waals surface area contributed by atoms with Crippen molar-refractivity contribution in [3.8, 4) is 55.6 Å². The lowest BCUT2D eigenvalue weighted by atomic mass is 9.98. The lowest BCUT2D eigenvalue weighted by Gasteiger charge is -2.28. The molecule has 0 unspecified atom stereocenters. The number of anilines is 3. The fourth-order valence-corrected chi connectivity index (χ4v) is 10.5. The molecule has 0 saturated heterocycles. The average molecular weight is 822 g/mol. The van der Waals surface area contributed by atoms with Gasteiger partial charge >= 0.3 is 0 Å². The molecule has 0 aliphatic heterocycles. The minimum absolute atomic E-state index is 0.854. The Kier molecular flexibility index (Phi) is 9.06. The topological polar surface area (TPSA) is 16.4 Å². The predicted octanol–water partition coefficient (Wildman–Crippen LogP) is 17.8. The van der Waals surface area contributed by atoms with E-state index < -0.39 is 0 Å². The van der Waals surface area contributed by atoms with Gasteiger partial charge in [0.15, 0.2) is 0 Å². The number of furan rings is 1. The second-order valence-corrected chi connectivity index (χ2v) is 17.1. The molecule has 3 heteroatoms. The third kappa shape index (κ3) is 6.58. The first kappa shape index (κ1) is 36.8. The monoisotopic (exact) mass is 821 g/mol. The van der Waals surface area contributed by atoms with E-state index in [0.717, 1.165) is 55.7 Å². The summed E-state index contributed by atoms with van der Waals surface area (Å²) in [5.41, 5.74) is 16.9. The Morgan fingerprint density at radius 3 is 1.40 bits per heavy atom. The first-order chi connectivity index (χ1) is 31.2. The molecule has 0 bridgehead atoms. The maximum Gasteiger partial charge on any atom is 0.137 e. The number of benzene rings is 10. The van der Waals surface area contributed by atoms with Crippen LogP contribution in [0, 0.1) is 0 Å². The molecule has 0 aliphatic rings. The van der Waals surface area contributed by atoms with Crippen molar-refractivity contribution in [3.05, 3.63) is 237 Å². The van der Waals surface area contributed by atoms with Crippen molar-refractivity contribution >= 4 is 70.5 Å². The van der Waals surface area contributed by atoms with Gasteiger partial charge in [0.25, 0.3) is 0 Å². The quantitative estimate of drug-likeness (QED) is 0.152. The van der Waals surface area contributed by atoms with Crippen LogP contribution in [0.15, 0.2) is 241 Å². The van der Waals surface area contributed by atoms with Gasteiger partial charge in [0.1, 0.15) is 11.2 Å². The molecule has 63 heavy (non-hydrogen) atoms. The molecule has 296 valence electrons. The van der Waals surface area contributed by atoms with Crippen molar-refractivity contribution in [2.45, 2.75) is 0 Å². The van der Waals surface area contributed by atoms with Crippen molar-refractivity contribution < 1.29 is 4.42 Å². The molecule has 0 saturated carbocycles. The smallest absolute Gasteiger partial charge is 0.137 e. The van der Waals surface area contributed by atoms with Gasteiger partial charge in [-0.15, -0.1) is 11.3 Å². The Hall–Kier alpha value is -7.98. The molecule has 2 aromatic heterocycles. The molecule has 0 spiro atoms. The van der Waals surface area contributed by atoms with Gasteiger partial charge < -0.3 is 9.32 Å². The van der Waals surface area contributed by atoms with E-state index in [1.807, 2.05) is 11.3 Å². The van der Waals surface area contributed by atoms with Crippen LogP contribution in [0.5, 0.6) is 0 Å². The van der Waals surface area contributed by atoms with Crippen LogP contribution in [0.4, 0.5) is 17.1 Å². The molecule has 2 nitrogen and oxygen atoms in total. The van der Waals surface area contributed by atoms with Gasteiger partial charge in [-0.25, -0.2) is 0 Å². The summed E-state index contributed by atoms with van der Waals surface area (Å²) in [5.74, 6) is 0. The second-order valence-electron chi connectivity index (χ2n) is 16.0. The van der Waals surface area contributed by atoms with Crippen molar-refractivity contribution in [2.24, 2.45) is 0 Å². The maximum absolute atomic E-state index is 6.75. The van der Waals surface area contributed by atoms with E-state index in [1.165, 1.54) is 59.1 Å². The first-order valence-corrected chi connectivity index (χ1v) is 22.2. The number of fused-ring (bicyclic) bond motifs is 6. The summed E-state index contributed by atoms with van der Waals surface area (Å²) in [7, 11) is 0. The molecule has 12 rings (SSSR count). The molecule has 0 aliphatic carbocycles. The van der Waals surface area contributed by atoms with Crippen LogP contribution in [0.2, 0.25) is 0 Å². The summed E-state index contributed by atoms with van der Waals surface area (Å²) in [6.45, 7) is 0. The van der Waals surface area contributed by atoms with E-state index in [1.54, 1.807) is 0 Å². The Labute approximate surface area is 370 Å². The van der Waals surface area contributed by atoms with Crippen molar-refractivity contribution in [3.63, 3.8) is 0 Å². The third-order valence-electron chi connectivity index (χ3n) is 12.3. The Bertz CT molecular complexity index is 3570. The summed E-state index contributed by atoms with van der Waals surface area (Å²) in [6, 6.07) is 85.2. The predicted molar refractivity (Wildman–Crippen MR) is 268 cm³/mol. The molecule has 0 amide bonds. The van der Waals surface area contributed by atoms with Gasteiger partial charge in [0.2, 0.25) is 0 Å². The number of nitrogens with zero attached hydrogens (tertiary/aromatic N) is 1. The summed E-state index contributed by atoms with van der Waals surface area (Å²) in [4.78, 5) is 2.46. The SMILES string of the molecule is c1ccc(-c2ccc(-c3ccc(N(c4cccc5oc6cc(-c7ccccc7)ccc6c45)c4ccc(-c5ccccc5)c5sc6cc(-c7ccccc7)ccc6c45)cc3)cc2)cc1. The van der Waals surface area contributed by atoms with Crippen LogP contribution in [-0.4, -0.2) is 0 Å². The van der Waals surface area contributed by atoms with Gasteiger partial charge in [0, 0.05) is 31.2 Å². The van der Waals surface area contributed by atoms with E-state index in [4.69, 9.17) is 4.42 Å². The molecule has 10 aromatic carbocycles. The summed E-state index contributed by atoms with van der Waals surface area (Å²) >= 11 is 1.88. The van der Waals surface area contributed by atoms with Crippen LogP contribution < -0.4 is 4.90 Å². The number of rotatable bonds is 8. The minimum Gasteiger partial charge on any atom is -0.456 e. The molecule has 2 heterocycles. The van der Waals surface area contributed by atoms with E-state index in [0.29, 0.717) is 0 Å². The van der Waals surface area contributed by atoms with Gasteiger partial charge in [-0.2, -0.15) is 0 Å². The third-order valence-corrected chi connectivity index (χ3v) is 13.5. The lowest BCUT2D eigenvalue weighted by Crippen LogP contribution is -2.11. The van der Waals surface area contributed by atoms with Crippen LogP contribution in [0.1, 0.15) is 0 Å². The van der Waals surface area contributed by atoms with Gasteiger partial charge in [-0.1, -0.05) is 188 Å². The van der Waals surface area contributed by atoms with Crippen LogP contribution in [-0.2, 0) is 0 Å². The van der Waals surface area contributed by atoms with Gasteiger partial charge in [0.05, 0.1) is 16.8 Å². The highest BCUT2D eigenvalue weighted by atomic mass is 32.1. The van der Waals surface area contributed by atoms with Crippen molar-refractivity contribution in [2.75, 3.05) is 4.90 Å². The summed E-state index contributed by atoms with van der Waals surface area (Å²) < 4.78 is 9.26. The fraction of sp³-hybridized carbons (Fsp3) is 0. The van der Waals surface area contributed by atoms with Crippen molar-refractivity contribution in [1.29, 1.82) is 0 Å². The standard InChI is InChI=1S/C60H39NOS/c1-5-14-40(15-6-1)43-24-26-44(27-25-43)45-28-32-49(33-29-45)61(53-22-13-23-55-58(53)51-34-30-47(38-56(51)62-55)41-16-7-2-8-17-41)54-37-36-50(46-20-11-4-12-21-46)60-59(54)52-35-31-48(39-57(52)63-60)42-18-9-3-10-19-42/h1-39H. The van der Waals surface area contributed by atoms with Crippen LogP contribution >= 0.6 is 11.3 Å². The van der Waals surface area contributed by atoms with E-state index in [2.05, 4.69) is 241 Å². The Balaban J connectivity index is 1.08. The Morgan fingerprint density at radius 2 is 0.794 bits per heavy atom. The highest BCUT2D eigenvalue weighted by Crippen LogP contribution is 2.51. The number of thiophene rings is 1. The average Bonchev–Trinajstić information content (AvgIpc) is 3.94. The molecular weight excluding hydrogens is 783 g/mol. The highest BCUT2D eigenvalue weighted by Gasteiger charge is 2.24. The molecule has 0 N–H and O–H groups in total. The van der Waals surface area contributed by atoms with Crippen LogP contribution in [0.3, 0.4) is 0 Å². The normalized spacial score (nSPS) is 11.5. The molecular formula is C60H39NOS. The number of hydrogen-bond acceptors (Lipinski definition) is 3. The zero-order valence-electron chi connectivity index (χ0n) is 34.3. The Morgan fingerprint density at radius 1 is 0.317 bits per heavy atom.